The fourth-order valence-corrected chi connectivity index (χ4v) is 6.79. The van der Waals surface area contributed by atoms with Crippen LogP contribution in [0.15, 0.2) is 48.5 Å². The van der Waals surface area contributed by atoms with E-state index < -0.39 is 35.8 Å². The first-order valence-electron chi connectivity index (χ1n) is 10.2. The summed E-state index contributed by atoms with van der Waals surface area (Å²) in [4.78, 5) is 0. The van der Waals surface area contributed by atoms with E-state index in [9.17, 15) is 43.2 Å². The van der Waals surface area contributed by atoms with E-state index in [1.54, 1.807) is 0 Å². The Morgan fingerprint density at radius 1 is 0.556 bits per heavy atom. The van der Waals surface area contributed by atoms with E-state index in [1.165, 1.54) is 18.3 Å². The molecule has 0 spiro atoms. The van der Waals surface area contributed by atoms with E-state index in [2.05, 4.69) is 90.1 Å². The van der Waals surface area contributed by atoms with Gasteiger partial charge in [0.05, 0.1) is 0 Å². The molecule has 0 fully saturated rings. The van der Waals surface area contributed by atoms with Crippen LogP contribution in [-0.2, 0) is 30.5 Å². The van der Waals surface area contributed by atoms with Crippen LogP contribution >= 0.6 is 0 Å². The van der Waals surface area contributed by atoms with Gasteiger partial charge in [-0.1, -0.05) is 70.9 Å². The standard InChI is InChI=1S/C20H26I.C3HF6O4S2/c1-19(2,3)15-7-11-17(12-8-15)21-18-13-9-16(10-14-18)20(4,5)6;4-2(5,6)14(10,11)1-15(12,13)3(7,8)9/h7-14H,1-6H3;1H/q+1;-1. The van der Waals surface area contributed by atoms with Crippen molar-refractivity contribution in [3.8, 4) is 0 Å². The van der Waals surface area contributed by atoms with E-state index in [-0.39, 0.29) is 32.0 Å². The smallest absolute Gasteiger partial charge is 0.253 e. The average molecular weight is 672 g/mol. The fraction of sp³-hybridized carbons (Fsp3) is 0.435. The molecule has 0 saturated carbocycles. The molecule has 0 aliphatic carbocycles. The lowest BCUT2D eigenvalue weighted by atomic mass is 9.87. The molecule has 2 aromatic carbocycles. The van der Waals surface area contributed by atoms with Gasteiger partial charge in [-0.25, -0.2) is 0 Å². The van der Waals surface area contributed by atoms with Crippen molar-refractivity contribution in [1.82, 2.24) is 0 Å². The van der Waals surface area contributed by atoms with Crippen LogP contribution < -0.4 is 21.2 Å². The van der Waals surface area contributed by atoms with Gasteiger partial charge in [-0.05, 0) is 46.2 Å². The molecule has 0 aliphatic rings. The summed E-state index contributed by atoms with van der Waals surface area (Å²) in [5.74, 6) is 0. The number of rotatable bonds is 4. The quantitative estimate of drug-likeness (QED) is 0.284. The number of hydrogen-bond donors (Lipinski definition) is 0. The molecule has 0 aliphatic heterocycles. The summed E-state index contributed by atoms with van der Waals surface area (Å²) in [6.45, 7) is 13.6. The number of hydrogen-bond acceptors (Lipinski definition) is 4. The lowest BCUT2D eigenvalue weighted by Gasteiger charge is -2.18. The molecular formula is C23H27F6IO4S2. The largest absolute Gasteiger partial charge is 0.469 e. The van der Waals surface area contributed by atoms with Gasteiger partial charge in [0, 0.05) is 0 Å². The Morgan fingerprint density at radius 3 is 1.00 bits per heavy atom. The van der Waals surface area contributed by atoms with Crippen LogP contribution in [0.1, 0.15) is 52.7 Å². The summed E-state index contributed by atoms with van der Waals surface area (Å²) in [5, 5.41) is -1.76. The predicted molar refractivity (Wildman–Crippen MR) is 122 cm³/mol. The van der Waals surface area contributed by atoms with Crippen molar-refractivity contribution >= 4 is 19.7 Å². The summed E-state index contributed by atoms with van der Waals surface area (Å²) in [6.07, 6.45) is 0. The highest BCUT2D eigenvalue weighted by molar-refractivity contribution is 8.12. The van der Waals surface area contributed by atoms with E-state index >= 15 is 0 Å². The monoisotopic (exact) mass is 672 g/mol. The summed E-state index contributed by atoms with van der Waals surface area (Å²) in [7, 11) is -12.9. The molecule has 2 aromatic rings. The van der Waals surface area contributed by atoms with Gasteiger partial charge in [0.15, 0.2) is 7.14 Å². The molecular weight excluding hydrogens is 645 g/mol. The zero-order valence-electron chi connectivity index (χ0n) is 20.3. The van der Waals surface area contributed by atoms with Crippen LogP contribution in [0.2, 0.25) is 0 Å². The summed E-state index contributed by atoms with van der Waals surface area (Å²) < 4.78 is 112. The van der Waals surface area contributed by atoms with Gasteiger partial charge in [-0.3, -0.25) is 16.8 Å². The van der Waals surface area contributed by atoms with Crippen molar-refractivity contribution in [2.45, 2.75) is 63.4 Å². The molecule has 2 rings (SSSR count). The first-order chi connectivity index (χ1) is 15.9. The Morgan fingerprint density at radius 2 is 0.806 bits per heavy atom. The van der Waals surface area contributed by atoms with Crippen LogP contribution in [0.5, 0.6) is 0 Å². The second-order valence-electron chi connectivity index (χ2n) is 9.69. The highest BCUT2D eigenvalue weighted by Crippen LogP contribution is 2.33. The molecule has 0 heterocycles. The third-order valence-electron chi connectivity index (χ3n) is 4.54. The van der Waals surface area contributed by atoms with Crippen LogP contribution in [-0.4, -0.2) is 27.9 Å². The van der Waals surface area contributed by atoms with Crippen molar-refractivity contribution in [3.63, 3.8) is 0 Å². The maximum Gasteiger partial charge on any atom is 0.469 e. The Balaban J connectivity index is 0.000000384. The van der Waals surface area contributed by atoms with Crippen LogP contribution in [0.25, 0.3) is 0 Å². The number of alkyl halides is 6. The van der Waals surface area contributed by atoms with Crippen LogP contribution in [0.3, 0.4) is 0 Å². The topological polar surface area (TPSA) is 68.3 Å². The van der Waals surface area contributed by atoms with Gasteiger partial charge in [0.1, 0.15) is 19.7 Å². The molecule has 0 unspecified atom stereocenters. The molecule has 36 heavy (non-hydrogen) atoms. The summed E-state index contributed by atoms with van der Waals surface area (Å²) in [5.41, 5.74) is -8.87. The first-order valence-corrected chi connectivity index (χ1v) is 15.5. The molecule has 0 amide bonds. The fourth-order valence-electron chi connectivity index (χ4n) is 2.43. The Hall–Kier alpha value is -1.35. The number of sulfone groups is 2. The minimum Gasteiger partial charge on any atom is -0.253 e. The molecule has 204 valence electrons. The molecule has 0 aromatic heterocycles. The third-order valence-corrected chi connectivity index (χ3v) is 10.5. The van der Waals surface area contributed by atoms with Gasteiger partial charge in [0.25, 0.3) is 0 Å². The second-order valence-corrected chi connectivity index (χ2v) is 16.6. The van der Waals surface area contributed by atoms with Crippen molar-refractivity contribution in [1.29, 1.82) is 0 Å². The van der Waals surface area contributed by atoms with Gasteiger partial charge in [-0.2, -0.15) is 26.3 Å². The van der Waals surface area contributed by atoms with Crippen LogP contribution in [0.4, 0.5) is 26.3 Å². The normalized spacial score (nSPS) is 13.7. The molecule has 0 saturated heterocycles. The van der Waals surface area contributed by atoms with Gasteiger partial charge in [0.2, 0.25) is 0 Å². The SMILES string of the molecule is CC(C)(C)c1ccc([I+]c2ccc(C(C)(C)C)cc2)cc1.O=S(=O)([CH-]S(=O)(=O)C(F)(F)F)C(F)(F)F. The molecule has 13 heteroatoms. The molecule has 0 radical (unpaired) electrons. The summed E-state index contributed by atoms with van der Waals surface area (Å²) >= 11 is -0.0703. The maximum absolute atomic E-state index is 11.5. The van der Waals surface area contributed by atoms with Crippen molar-refractivity contribution < 1.29 is 64.4 Å². The molecule has 0 bridgehead atoms. The lowest BCUT2D eigenvalue weighted by molar-refractivity contribution is -0.597. The first kappa shape index (κ1) is 32.7. The Labute approximate surface area is 218 Å². The molecule has 0 N–H and O–H groups in total. The zero-order chi connectivity index (χ0) is 28.4. The molecule has 4 nitrogen and oxygen atoms in total. The zero-order valence-corrected chi connectivity index (χ0v) is 24.1. The number of benzene rings is 2. The highest BCUT2D eigenvalue weighted by Gasteiger charge is 2.47. The Bertz CT molecular complexity index is 1120. The minimum atomic E-state index is -6.47. The lowest BCUT2D eigenvalue weighted by Crippen LogP contribution is -3.61. The highest BCUT2D eigenvalue weighted by atomic mass is 127. The van der Waals surface area contributed by atoms with E-state index in [4.69, 9.17) is 0 Å². The van der Waals surface area contributed by atoms with Crippen molar-refractivity contribution in [3.05, 3.63) is 71.9 Å². The van der Waals surface area contributed by atoms with Gasteiger partial charge < -0.3 is 0 Å². The van der Waals surface area contributed by atoms with E-state index in [0.29, 0.717) is 0 Å². The van der Waals surface area contributed by atoms with Gasteiger partial charge in [-0.15, -0.1) is 0 Å². The van der Waals surface area contributed by atoms with Gasteiger partial charge >= 0.3 is 32.2 Å². The van der Waals surface area contributed by atoms with E-state index in [0.717, 1.165) is 0 Å². The van der Waals surface area contributed by atoms with Crippen LogP contribution in [0, 0.1) is 12.2 Å². The Kier molecular flexibility index (Phi) is 10.1. The third kappa shape index (κ3) is 9.51. The van der Waals surface area contributed by atoms with E-state index in [1.807, 2.05) is 0 Å². The van der Waals surface area contributed by atoms with Crippen molar-refractivity contribution in [2.75, 3.05) is 0 Å². The predicted octanol–water partition coefficient (Wildman–Crippen LogP) is 3.38. The van der Waals surface area contributed by atoms with Crippen molar-refractivity contribution in [2.24, 2.45) is 0 Å². The number of halogens is 7. The molecule has 0 atom stereocenters. The second kappa shape index (κ2) is 11.2. The maximum atomic E-state index is 11.5. The minimum absolute atomic E-state index is 0.0703. The average Bonchev–Trinajstić information content (AvgIpc) is 2.65. The summed E-state index contributed by atoms with van der Waals surface area (Å²) in [6, 6.07) is 18.4.